The predicted octanol–water partition coefficient (Wildman–Crippen LogP) is 2.03. The molecule has 1 heterocycles. The zero-order valence-corrected chi connectivity index (χ0v) is 7.66. The fraction of sp³-hybridized carbons (Fsp3) is 0.273. The van der Waals surface area contributed by atoms with Crippen molar-refractivity contribution < 1.29 is 4.79 Å². The van der Waals surface area contributed by atoms with Crippen molar-refractivity contribution in [2.45, 2.75) is 18.8 Å². The van der Waals surface area contributed by atoms with Crippen LogP contribution in [0.5, 0.6) is 0 Å². The van der Waals surface area contributed by atoms with E-state index in [9.17, 15) is 4.79 Å². The van der Waals surface area contributed by atoms with Crippen molar-refractivity contribution in [3.63, 3.8) is 0 Å². The van der Waals surface area contributed by atoms with E-state index in [0.29, 0.717) is 12.8 Å². The molecule has 1 aliphatic heterocycles. The number of hydrogen-bond donors (Lipinski definition) is 1. The van der Waals surface area contributed by atoms with E-state index in [-0.39, 0.29) is 11.8 Å². The van der Waals surface area contributed by atoms with Gasteiger partial charge in [0.15, 0.2) is 0 Å². The Morgan fingerprint density at radius 1 is 1.43 bits per heavy atom. The van der Waals surface area contributed by atoms with Crippen LogP contribution in [-0.2, 0) is 4.79 Å². The van der Waals surface area contributed by atoms with Crippen molar-refractivity contribution in [2.75, 3.05) is 5.32 Å². The van der Waals surface area contributed by atoms with Crippen molar-refractivity contribution in [2.24, 2.45) is 0 Å². The Hall–Kier alpha value is -1.82. The van der Waals surface area contributed by atoms with Crippen LogP contribution in [0.25, 0.3) is 0 Å². The Kier molecular flexibility index (Phi) is 2.19. The van der Waals surface area contributed by atoms with Crippen LogP contribution in [0.1, 0.15) is 24.3 Å². The summed E-state index contributed by atoms with van der Waals surface area (Å²) in [6, 6.07) is 9.71. The van der Waals surface area contributed by atoms with Crippen LogP contribution < -0.4 is 5.32 Å². The molecule has 0 aliphatic carbocycles. The number of fused-ring (bicyclic) bond motifs is 1. The van der Waals surface area contributed by atoms with Gasteiger partial charge >= 0.3 is 0 Å². The minimum absolute atomic E-state index is 0.00444. The highest BCUT2D eigenvalue weighted by atomic mass is 16.1. The lowest BCUT2D eigenvalue weighted by Gasteiger charge is -2.08. The maximum atomic E-state index is 11.3. The average Bonchev–Trinajstić information content (AvgIpc) is 2.36. The van der Waals surface area contributed by atoms with E-state index in [2.05, 4.69) is 11.4 Å². The Bertz CT molecular complexity index is 406. The first-order chi connectivity index (χ1) is 6.81. The molecule has 14 heavy (non-hydrogen) atoms. The Morgan fingerprint density at radius 3 is 3.00 bits per heavy atom. The molecule has 1 atom stereocenters. The van der Waals surface area contributed by atoms with E-state index in [4.69, 9.17) is 5.26 Å². The molecule has 0 fully saturated rings. The Morgan fingerprint density at radius 2 is 2.21 bits per heavy atom. The number of amides is 1. The SMILES string of the molecule is N#CC1CCC(=O)Nc2ccccc21. The fourth-order valence-electron chi connectivity index (χ4n) is 1.69. The fourth-order valence-corrected chi connectivity index (χ4v) is 1.69. The summed E-state index contributed by atoms with van der Waals surface area (Å²) in [5.74, 6) is -0.166. The molecule has 0 radical (unpaired) electrons. The van der Waals surface area contributed by atoms with E-state index in [1.165, 1.54) is 0 Å². The number of rotatable bonds is 0. The van der Waals surface area contributed by atoms with E-state index < -0.39 is 0 Å². The summed E-state index contributed by atoms with van der Waals surface area (Å²) < 4.78 is 0. The quantitative estimate of drug-likeness (QED) is 0.674. The molecule has 0 saturated heterocycles. The molecule has 1 N–H and O–H groups in total. The number of carbonyl (C=O) groups excluding carboxylic acids is 1. The van der Waals surface area contributed by atoms with Crippen molar-refractivity contribution in [1.82, 2.24) is 0 Å². The van der Waals surface area contributed by atoms with Crippen LogP contribution >= 0.6 is 0 Å². The average molecular weight is 186 g/mol. The molecule has 70 valence electrons. The maximum Gasteiger partial charge on any atom is 0.224 e. The van der Waals surface area contributed by atoms with Gasteiger partial charge in [-0.1, -0.05) is 18.2 Å². The normalized spacial score (nSPS) is 20.2. The monoisotopic (exact) mass is 186 g/mol. The molecular weight excluding hydrogens is 176 g/mol. The summed E-state index contributed by atoms with van der Waals surface area (Å²) in [5.41, 5.74) is 1.71. The number of nitrogens with zero attached hydrogens (tertiary/aromatic N) is 1. The van der Waals surface area contributed by atoms with Gasteiger partial charge in [0.2, 0.25) is 5.91 Å². The highest BCUT2D eigenvalue weighted by Gasteiger charge is 2.20. The highest BCUT2D eigenvalue weighted by molar-refractivity contribution is 5.92. The summed E-state index contributed by atoms with van der Waals surface area (Å²) in [6.07, 6.45) is 1.03. The number of para-hydroxylation sites is 1. The van der Waals surface area contributed by atoms with Gasteiger partial charge in [0.05, 0.1) is 12.0 Å². The molecular formula is C11H10N2O. The zero-order valence-electron chi connectivity index (χ0n) is 7.66. The van der Waals surface area contributed by atoms with Crippen LogP contribution in [0.2, 0.25) is 0 Å². The summed E-state index contributed by atoms with van der Waals surface area (Å²) in [6.45, 7) is 0. The minimum atomic E-state index is -0.162. The molecule has 1 aliphatic rings. The topological polar surface area (TPSA) is 52.9 Å². The smallest absolute Gasteiger partial charge is 0.224 e. The van der Waals surface area contributed by atoms with Crippen LogP contribution in [0.3, 0.4) is 0 Å². The van der Waals surface area contributed by atoms with Crippen LogP contribution in [-0.4, -0.2) is 5.91 Å². The maximum absolute atomic E-state index is 11.3. The third kappa shape index (κ3) is 1.47. The number of hydrogen-bond acceptors (Lipinski definition) is 2. The van der Waals surface area contributed by atoms with Gasteiger partial charge < -0.3 is 5.32 Å². The highest BCUT2D eigenvalue weighted by Crippen LogP contribution is 2.30. The molecule has 3 heteroatoms. The van der Waals surface area contributed by atoms with E-state index in [1.54, 1.807) is 0 Å². The molecule has 1 amide bonds. The molecule has 0 spiro atoms. The van der Waals surface area contributed by atoms with E-state index in [1.807, 2.05) is 24.3 Å². The predicted molar refractivity (Wildman–Crippen MR) is 52.7 cm³/mol. The van der Waals surface area contributed by atoms with Gasteiger partial charge in [-0.3, -0.25) is 4.79 Å². The van der Waals surface area contributed by atoms with Gasteiger partial charge in [-0.25, -0.2) is 0 Å². The third-order valence-electron chi connectivity index (χ3n) is 2.43. The summed E-state index contributed by atoms with van der Waals surface area (Å²) in [5, 5.41) is 11.8. The Balaban J connectivity index is 2.47. The first-order valence-electron chi connectivity index (χ1n) is 4.59. The van der Waals surface area contributed by atoms with Gasteiger partial charge in [0.1, 0.15) is 0 Å². The molecule has 0 bridgehead atoms. The largest absolute Gasteiger partial charge is 0.326 e. The first kappa shape index (κ1) is 8.76. The molecule has 1 unspecified atom stereocenters. The van der Waals surface area contributed by atoms with Crippen LogP contribution in [0, 0.1) is 11.3 Å². The van der Waals surface area contributed by atoms with Crippen molar-refractivity contribution in [3.8, 4) is 6.07 Å². The van der Waals surface area contributed by atoms with Gasteiger partial charge in [-0.05, 0) is 18.1 Å². The van der Waals surface area contributed by atoms with Gasteiger partial charge in [-0.2, -0.15) is 5.26 Å². The van der Waals surface area contributed by atoms with Crippen molar-refractivity contribution in [1.29, 1.82) is 5.26 Å². The zero-order chi connectivity index (χ0) is 9.97. The van der Waals surface area contributed by atoms with Crippen molar-refractivity contribution in [3.05, 3.63) is 29.8 Å². The summed E-state index contributed by atoms with van der Waals surface area (Å²) in [4.78, 5) is 11.3. The lowest BCUT2D eigenvalue weighted by atomic mass is 9.96. The number of benzene rings is 1. The summed E-state index contributed by atoms with van der Waals surface area (Å²) >= 11 is 0. The second kappa shape index (κ2) is 3.51. The summed E-state index contributed by atoms with van der Waals surface area (Å²) in [7, 11) is 0. The van der Waals surface area contributed by atoms with Gasteiger partial charge in [-0.15, -0.1) is 0 Å². The third-order valence-corrected chi connectivity index (χ3v) is 2.43. The molecule has 1 aromatic carbocycles. The van der Waals surface area contributed by atoms with Crippen molar-refractivity contribution >= 4 is 11.6 Å². The number of anilines is 1. The lowest BCUT2D eigenvalue weighted by Crippen LogP contribution is -2.08. The second-order valence-corrected chi connectivity index (χ2v) is 3.36. The molecule has 2 rings (SSSR count). The lowest BCUT2D eigenvalue weighted by molar-refractivity contribution is -0.116. The molecule has 1 aromatic rings. The van der Waals surface area contributed by atoms with E-state index in [0.717, 1.165) is 11.3 Å². The number of nitrogens with one attached hydrogen (secondary N) is 1. The Labute approximate surface area is 82.4 Å². The van der Waals surface area contributed by atoms with Crippen LogP contribution in [0.15, 0.2) is 24.3 Å². The second-order valence-electron chi connectivity index (χ2n) is 3.36. The van der Waals surface area contributed by atoms with Gasteiger partial charge in [0, 0.05) is 12.1 Å². The minimum Gasteiger partial charge on any atom is -0.326 e. The standard InChI is InChI=1S/C11H10N2O/c12-7-8-5-6-11(14)13-10-4-2-1-3-9(8)10/h1-4,8H,5-6H2,(H,13,14). The number of carbonyl (C=O) groups is 1. The molecule has 3 nitrogen and oxygen atoms in total. The van der Waals surface area contributed by atoms with Crippen LogP contribution in [0.4, 0.5) is 5.69 Å². The van der Waals surface area contributed by atoms with E-state index >= 15 is 0 Å². The first-order valence-corrected chi connectivity index (χ1v) is 4.59. The molecule has 0 saturated carbocycles. The molecule has 0 aromatic heterocycles. The number of nitriles is 1. The van der Waals surface area contributed by atoms with Gasteiger partial charge in [0.25, 0.3) is 0 Å².